The third kappa shape index (κ3) is 8.94. The number of alkyl halides is 2. The van der Waals surface area contributed by atoms with Crippen LogP contribution in [-0.2, 0) is 12.8 Å². The van der Waals surface area contributed by atoms with Crippen LogP contribution >= 0.6 is 0 Å². The fraction of sp³-hybridized carbons (Fsp3) is 0.273. The number of hydrogen-bond acceptors (Lipinski definition) is 5. The minimum absolute atomic E-state index is 0.0124. The van der Waals surface area contributed by atoms with E-state index in [-0.39, 0.29) is 12.5 Å². The van der Waals surface area contributed by atoms with E-state index < -0.39 is 5.92 Å². The summed E-state index contributed by atoms with van der Waals surface area (Å²) in [5.41, 5.74) is 16.2. The van der Waals surface area contributed by atoms with Crippen LogP contribution in [0, 0.1) is 6.92 Å². The Morgan fingerprint density at radius 3 is 2.52 bits per heavy atom. The first-order chi connectivity index (χ1) is 19.0. The van der Waals surface area contributed by atoms with Gasteiger partial charge in [0.1, 0.15) is 12.0 Å². The summed E-state index contributed by atoms with van der Waals surface area (Å²) in [6.45, 7) is 15.4. The van der Waals surface area contributed by atoms with Crippen molar-refractivity contribution in [2.24, 2.45) is 10.7 Å². The van der Waals surface area contributed by atoms with Gasteiger partial charge in [0.15, 0.2) is 0 Å². The van der Waals surface area contributed by atoms with Gasteiger partial charge in [0, 0.05) is 30.4 Å². The molecule has 7 heteroatoms. The number of allylic oxidation sites excluding steroid dienone is 3. The van der Waals surface area contributed by atoms with Crippen molar-refractivity contribution in [3.05, 3.63) is 131 Å². The second kappa shape index (κ2) is 13.7. The Hall–Kier alpha value is -4.19. The van der Waals surface area contributed by atoms with Crippen LogP contribution in [0.1, 0.15) is 37.5 Å². The molecule has 4 N–H and O–H groups in total. The maximum absolute atomic E-state index is 13.6. The van der Waals surface area contributed by atoms with Crippen LogP contribution in [-0.4, -0.2) is 29.7 Å². The highest BCUT2D eigenvalue weighted by atomic mass is 19.3. The van der Waals surface area contributed by atoms with Crippen LogP contribution in [0.15, 0.2) is 119 Å². The molecular weight excluding hydrogens is 504 g/mol. The monoisotopic (exact) mass is 543 g/mol. The van der Waals surface area contributed by atoms with Crippen LogP contribution in [0.2, 0.25) is 0 Å². The number of rotatable bonds is 13. The Morgan fingerprint density at radius 2 is 1.93 bits per heavy atom. The molecule has 1 heterocycles. The molecule has 3 rings (SSSR count). The van der Waals surface area contributed by atoms with Crippen molar-refractivity contribution in [2.75, 3.05) is 11.9 Å². The van der Waals surface area contributed by atoms with Crippen LogP contribution in [0.3, 0.4) is 0 Å². The Kier molecular flexibility index (Phi) is 10.4. The molecule has 210 valence electrons. The van der Waals surface area contributed by atoms with Gasteiger partial charge in [-0.1, -0.05) is 61.4 Å². The van der Waals surface area contributed by atoms with Gasteiger partial charge in [-0.3, -0.25) is 0 Å². The fourth-order valence-electron chi connectivity index (χ4n) is 4.23. The third-order valence-corrected chi connectivity index (χ3v) is 6.51. The van der Waals surface area contributed by atoms with Crippen LogP contribution in [0.4, 0.5) is 14.5 Å². The molecule has 1 aliphatic rings. The van der Waals surface area contributed by atoms with Crippen LogP contribution in [0.25, 0.3) is 0 Å². The molecule has 0 saturated heterocycles. The lowest BCUT2D eigenvalue weighted by Gasteiger charge is -2.23. The van der Waals surface area contributed by atoms with Crippen molar-refractivity contribution in [1.82, 2.24) is 10.2 Å². The predicted molar refractivity (Wildman–Crippen MR) is 163 cm³/mol. The summed E-state index contributed by atoms with van der Waals surface area (Å²) < 4.78 is 27.3. The highest BCUT2D eigenvalue weighted by Gasteiger charge is 2.23. The maximum Gasteiger partial charge on any atom is 0.249 e. The fourth-order valence-corrected chi connectivity index (χ4v) is 4.23. The zero-order valence-corrected chi connectivity index (χ0v) is 23.8. The molecule has 0 spiro atoms. The number of nitrogens with zero attached hydrogens (tertiary/aromatic N) is 2. The molecule has 0 saturated carbocycles. The first-order valence-corrected chi connectivity index (χ1v) is 13.3. The van der Waals surface area contributed by atoms with Gasteiger partial charge >= 0.3 is 0 Å². The standard InChI is InChI=1S/C33H39F2N5/c1-7-23(2)32(17-25(4)38-29-14-13-24(3)28(19-29)20-33(6,34)35)40-16-15-31(37-22-40)26(5)39-30(21-36)18-27-11-9-8-10-12-27/h7-14,16-17,19,22,30,38-39H,4-5,18,20-21,36H2,1-3,6H3/b23-7-,32-17+. The minimum Gasteiger partial charge on any atom is -0.379 e. The summed E-state index contributed by atoms with van der Waals surface area (Å²) in [6.07, 6.45) is 7.83. The first-order valence-electron chi connectivity index (χ1n) is 13.3. The highest BCUT2D eigenvalue weighted by molar-refractivity contribution is 5.67. The first kappa shape index (κ1) is 30.4. The second-order valence-corrected chi connectivity index (χ2v) is 10.1. The molecule has 1 unspecified atom stereocenters. The lowest BCUT2D eigenvalue weighted by molar-refractivity contribution is 0.0225. The molecule has 2 aromatic carbocycles. The minimum atomic E-state index is -2.78. The van der Waals surface area contributed by atoms with Gasteiger partial charge in [-0.25, -0.2) is 13.8 Å². The van der Waals surface area contributed by atoms with Crippen LogP contribution < -0.4 is 16.4 Å². The second-order valence-electron chi connectivity index (χ2n) is 10.1. The average Bonchev–Trinajstić information content (AvgIpc) is 2.92. The van der Waals surface area contributed by atoms with Gasteiger partial charge in [-0.2, -0.15) is 0 Å². The molecule has 0 fully saturated rings. The topological polar surface area (TPSA) is 65.7 Å². The Bertz CT molecular complexity index is 1370. The number of aryl methyl sites for hydroxylation is 1. The van der Waals surface area contributed by atoms with E-state index in [0.29, 0.717) is 34.9 Å². The SMILES string of the molecule is C=C(/C=C(\C(C)=C/C)N1C=C=C(C(=C)NC(CN)Cc2ccccc2)N=C1)Nc1ccc(C)c(CC(C)(F)F)c1. The molecule has 0 amide bonds. The molecule has 40 heavy (non-hydrogen) atoms. The number of anilines is 1. The third-order valence-electron chi connectivity index (χ3n) is 6.51. The molecule has 0 aromatic heterocycles. The summed E-state index contributed by atoms with van der Waals surface area (Å²) in [4.78, 5) is 6.42. The molecular formula is C33H39F2N5. The van der Waals surface area contributed by atoms with Gasteiger partial charge in [0.25, 0.3) is 0 Å². The van der Waals surface area contributed by atoms with Crippen molar-refractivity contribution in [3.63, 3.8) is 0 Å². The van der Waals surface area contributed by atoms with Gasteiger partial charge in [0.05, 0.1) is 17.6 Å². The molecule has 1 atom stereocenters. The average molecular weight is 544 g/mol. The lowest BCUT2D eigenvalue weighted by atomic mass is 10.0. The number of nitrogens with one attached hydrogen (secondary N) is 2. The van der Waals surface area contributed by atoms with E-state index in [1.807, 2.05) is 68.2 Å². The largest absolute Gasteiger partial charge is 0.379 e. The molecule has 0 radical (unpaired) electrons. The van der Waals surface area contributed by atoms with Crippen molar-refractivity contribution in [2.45, 2.75) is 52.5 Å². The molecule has 1 aliphatic heterocycles. The van der Waals surface area contributed by atoms with E-state index in [1.165, 1.54) is 5.56 Å². The number of benzene rings is 2. The number of halogens is 2. The maximum atomic E-state index is 13.6. The number of hydrogen-bond donors (Lipinski definition) is 3. The Labute approximate surface area is 236 Å². The number of aliphatic imine (C=N–C) groups is 1. The van der Waals surface area contributed by atoms with Crippen molar-refractivity contribution in [1.29, 1.82) is 0 Å². The summed E-state index contributed by atoms with van der Waals surface area (Å²) in [5, 5.41) is 6.61. The summed E-state index contributed by atoms with van der Waals surface area (Å²) in [6, 6.07) is 15.6. The van der Waals surface area contributed by atoms with E-state index in [0.717, 1.165) is 30.2 Å². The smallest absolute Gasteiger partial charge is 0.249 e. The number of nitrogens with two attached hydrogens (primary N) is 1. The molecule has 2 aromatic rings. The van der Waals surface area contributed by atoms with Crippen LogP contribution in [0.5, 0.6) is 0 Å². The summed E-state index contributed by atoms with van der Waals surface area (Å²) in [7, 11) is 0. The van der Waals surface area contributed by atoms with E-state index in [2.05, 4.69) is 46.6 Å². The van der Waals surface area contributed by atoms with Crippen molar-refractivity contribution < 1.29 is 8.78 Å². The quantitative estimate of drug-likeness (QED) is 0.188. The zero-order valence-electron chi connectivity index (χ0n) is 23.8. The predicted octanol–water partition coefficient (Wildman–Crippen LogP) is 6.98. The normalized spacial score (nSPS) is 14.6. The van der Waals surface area contributed by atoms with E-state index in [9.17, 15) is 8.78 Å². The molecule has 0 bridgehead atoms. The van der Waals surface area contributed by atoms with Crippen molar-refractivity contribution >= 4 is 12.0 Å². The van der Waals surface area contributed by atoms with E-state index >= 15 is 0 Å². The molecule has 0 aliphatic carbocycles. The Morgan fingerprint density at radius 1 is 1.20 bits per heavy atom. The van der Waals surface area contributed by atoms with Gasteiger partial charge in [-0.05, 0) is 74.6 Å². The summed E-state index contributed by atoms with van der Waals surface area (Å²) in [5.74, 6) is -2.78. The van der Waals surface area contributed by atoms with Gasteiger partial charge in [-0.15, -0.1) is 0 Å². The lowest BCUT2D eigenvalue weighted by Crippen LogP contribution is -2.37. The Balaban J connectivity index is 1.74. The van der Waals surface area contributed by atoms with Gasteiger partial charge in [0.2, 0.25) is 5.92 Å². The van der Waals surface area contributed by atoms with E-state index in [1.54, 1.807) is 18.6 Å². The molecule has 5 nitrogen and oxygen atoms in total. The van der Waals surface area contributed by atoms with Crippen molar-refractivity contribution in [3.8, 4) is 0 Å². The van der Waals surface area contributed by atoms with E-state index in [4.69, 9.17) is 5.73 Å². The highest BCUT2D eigenvalue weighted by Crippen LogP contribution is 2.25. The zero-order chi connectivity index (χ0) is 29.3. The van der Waals surface area contributed by atoms with Gasteiger partial charge < -0.3 is 21.3 Å². The summed E-state index contributed by atoms with van der Waals surface area (Å²) >= 11 is 0.